The van der Waals surface area contributed by atoms with E-state index in [1.165, 1.54) is 23.0 Å². The first-order valence-electron chi connectivity index (χ1n) is 13.3. The fourth-order valence-corrected chi connectivity index (χ4v) is 4.45. The molecular formula is C31H30FN5O5. The first-order valence-corrected chi connectivity index (χ1v) is 13.3. The summed E-state index contributed by atoms with van der Waals surface area (Å²) < 4.78 is 38.0. The van der Waals surface area contributed by atoms with E-state index < -0.39 is 5.91 Å². The van der Waals surface area contributed by atoms with Gasteiger partial charge in [-0.25, -0.2) is 14.1 Å². The fraction of sp³-hybridized carbons (Fsp3) is 0.226. The molecule has 5 aromatic rings. The monoisotopic (exact) mass is 571 g/mol. The quantitative estimate of drug-likeness (QED) is 0.201. The smallest absolute Gasteiger partial charge is 0.281 e. The number of rotatable bonds is 10. The van der Waals surface area contributed by atoms with Crippen molar-refractivity contribution in [1.29, 1.82) is 0 Å². The van der Waals surface area contributed by atoms with Crippen LogP contribution < -0.4 is 24.3 Å². The number of carbonyl (C=O) groups is 1. The Morgan fingerprint density at radius 3 is 2.45 bits per heavy atom. The van der Waals surface area contributed by atoms with E-state index in [2.05, 4.69) is 20.4 Å². The topological polar surface area (TPSA) is 110 Å². The Labute approximate surface area is 242 Å². The van der Waals surface area contributed by atoms with Gasteiger partial charge >= 0.3 is 0 Å². The summed E-state index contributed by atoms with van der Waals surface area (Å²) in [6.45, 7) is 6.07. The summed E-state index contributed by atoms with van der Waals surface area (Å²) in [5.74, 6) is 1.89. The van der Waals surface area contributed by atoms with Crippen LogP contribution in [0.5, 0.6) is 28.7 Å². The molecule has 0 spiro atoms. The highest BCUT2D eigenvalue weighted by Crippen LogP contribution is 2.37. The third-order valence-corrected chi connectivity index (χ3v) is 6.47. The molecule has 216 valence electrons. The molecule has 3 heterocycles. The van der Waals surface area contributed by atoms with Gasteiger partial charge in [0.25, 0.3) is 5.91 Å². The molecule has 3 aromatic heterocycles. The van der Waals surface area contributed by atoms with E-state index >= 15 is 0 Å². The first kappa shape index (κ1) is 28.3. The zero-order valence-corrected chi connectivity index (χ0v) is 23.8. The number of benzene rings is 2. The standard InChI is InChI=1S/C31H30FN5O5/c1-6-41-28-17-37(24-9-7-19(32)13-21(24)18(2)3)36-30(28)31(38)35-29-10-8-20(16-34-29)42-25-11-12-33-23-15-27(40-5)26(39-4)14-22(23)25/h7-18H,6H2,1-5H3,(H,34,35,38). The average molecular weight is 572 g/mol. The lowest BCUT2D eigenvalue weighted by molar-refractivity contribution is 0.101. The van der Waals surface area contributed by atoms with Crippen molar-refractivity contribution < 1.29 is 28.1 Å². The van der Waals surface area contributed by atoms with Crippen LogP contribution in [0.15, 0.2) is 67.1 Å². The fourth-order valence-electron chi connectivity index (χ4n) is 4.45. The maximum Gasteiger partial charge on any atom is 0.281 e. The summed E-state index contributed by atoms with van der Waals surface area (Å²) in [5, 5.41) is 7.96. The minimum absolute atomic E-state index is 0.0349. The Hall–Kier alpha value is -5.19. The second-order valence-electron chi connectivity index (χ2n) is 9.55. The summed E-state index contributed by atoms with van der Waals surface area (Å²) in [5.41, 5.74) is 2.16. The number of amides is 1. The largest absolute Gasteiger partial charge is 0.493 e. The van der Waals surface area contributed by atoms with E-state index in [0.717, 1.165) is 10.9 Å². The van der Waals surface area contributed by atoms with Crippen LogP contribution >= 0.6 is 0 Å². The molecule has 11 heteroatoms. The highest BCUT2D eigenvalue weighted by Gasteiger charge is 2.21. The van der Waals surface area contributed by atoms with Gasteiger partial charge in [0, 0.05) is 17.6 Å². The maximum absolute atomic E-state index is 13.9. The molecule has 0 radical (unpaired) electrons. The number of aromatic nitrogens is 4. The predicted molar refractivity (Wildman–Crippen MR) is 156 cm³/mol. The van der Waals surface area contributed by atoms with Crippen LogP contribution in [0.25, 0.3) is 16.6 Å². The highest BCUT2D eigenvalue weighted by atomic mass is 19.1. The van der Waals surface area contributed by atoms with Crippen molar-refractivity contribution in [2.24, 2.45) is 0 Å². The molecule has 1 N–H and O–H groups in total. The van der Waals surface area contributed by atoms with E-state index in [0.29, 0.717) is 52.4 Å². The second-order valence-corrected chi connectivity index (χ2v) is 9.55. The number of hydrogen-bond acceptors (Lipinski definition) is 8. The van der Waals surface area contributed by atoms with Gasteiger partial charge in [0.15, 0.2) is 22.9 Å². The summed E-state index contributed by atoms with van der Waals surface area (Å²) >= 11 is 0. The van der Waals surface area contributed by atoms with Gasteiger partial charge in [-0.3, -0.25) is 9.78 Å². The number of pyridine rings is 2. The molecule has 0 fully saturated rings. The number of carbonyl (C=O) groups excluding carboxylic acids is 1. The van der Waals surface area contributed by atoms with E-state index in [1.807, 2.05) is 20.8 Å². The zero-order valence-electron chi connectivity index (χ0n) is 23.8. The Balaban J connectivity index is 1.36. The molecule has 0 saturated carbocycles. The van der Waals surface area contributed by atoms with Gasteiger partial charge in [0.1, 0.15) is 23.1 Å². The number of nitrogens with one attached hydrogen (secondary N) is 1. The molecule has 0 aliphatic carbocycles. The van der Waals surface area contributed by atoms with Gasteiger partial charge < -0.3 is 24.3 Å². The minimum Gasteiger partial charge on any atom is -0.493 e. The molecule has 0 aliphatic heterocycles. The van der Waals surface area contributed by atoms with Gasteiger partial charge in [-0.2, -0.15) is 5.10 Å². The number of ether oxygens (including phenoxy) is 4. The molecule has 0 saturated heterocycles. The maximum atomic E-state index is 13.9. The summed E-state index contributed by atoms with van der Waals surface area (Å²) in [7, 11) is 3.12. The third kappa shape index (κ3) is 5.80. The van der Waals surface area contributed by atoms with Crippen molar-refractivity contribution >= 4 is 22.6 Å². The zero-order chi connectivity index (χ0) is 29.8. The molecule has 0 unspecified atom stereocenters. The van der Waals surface area contributed by atoms with Gasteiger partial charge in [0.2, 0.25) is 0 Å². The normalized spacial score (nSPS) is 11.0. The highest BCUT2D eigenvalue weighted by molar-refractivity contribution is 6.04. The van der Waals surface area contributed by atoms with Gasteiger partial charge in [-0.15, -0.1) is 0 Å². The van der Waals surface area contributed by atoms with Crippen molar-refractivity contribution in [3.8, 4) is 34.4 Å². The van der Waals surface area contributed by atoms with Crippen molar-refractivity contribution in [2.75, 3.05) is 26.1 Å². The molecule has 0 atom stereocenters. The van der Waals surface area contributed by atoms with Crippen molar-refractivity contribution in [3.05, 3.63) is 84.2 Å². The Bertz CT molecular complexity index is 1740. The molecule has 0 aliphatic rings. The number of hydrogen-bond donors (Lipinski definition) is 1. The van der Waals surface area contributed by atoms with Crippen molar-refractivity contribution in [2.45, 2.75) is 26.7 Å². The molecule has 0 bridgehead atoms. The molecule has 10 nitrogen and oxygen atoms in total. The molecule has 42 heavy (non-hydrogen) atoms. The van der Waals surface area contributed by atoms with Crippen molar-refractivity contribution in [1.82, 2.24) is 19.7 Å². The SMILES string of the molecule is CCOc1cn(-c2ccc(F)cc2C(C)C)nc1C(=O)Nc1ccc(Oc2ccnc3cc(OC)c(OC)cc23)cn1. The van der Waals surface area contributed by atoms with Crippen LogP contribution in [0.3, 0.4) is 0 Å². The first-order chi connectivity index (χ1) is 20.3. The van der Waals surface area contributed by atoms with Gasteiger partial charge in [-0.05, 0) is 60.9 Å². The van der Waals surface area contributed by atoms with Gasteiger partial charge in [-0.1, -0.05) is 13.8 Å². The number of halogens is 1. The molecular weight excluding hydrogens is 541 g/mol. The summed E-state index contributed by atoms with van der Waals surface area (Å²) in [6, 6.07) is 13.1. The van der Waals surface area contributed by atoms with Crippen LogP contribution in [0.1, 0.15) is 42.7 Å². The van der Waals surface area contributed by atoms with Crippen LogP contribution in [0.2, 0.25) is 0 Å². The Morgan fingerprint density at radius 2 is 1.76 bits per heavy atom. The molecule has 5 rings (SSSR count). The van der Waals surface area contributed by atoms with Gasteiger partial charge in [0.05, 0.1) is 44.4 Å². The number of anilines is 1. The summed E-state index contributed by atoms with van der Waals surface area (Å²) in [4.78, 5) is 22.0. The van der Waals surface area contributed by atoms with Crippen molar-refractivity contribution in [3.63, 3.8) is 0 Å². The minimum atomic E-state index is -0.507. The lowest BCUT2D eigenvalue weighted by Crippen LogP contribution is -2.15. The Morgan fingerprint density at radius 1 is 0.976 bits per heavy atom. The van der Waals surface area contributed by atoms with Crippen LogP contribution in [0, 0.1) is 5.82 Å². The van der Waals surface area contributed by atoms with E-state index in [1.54, 1.807) is 63.0 Å². The Kier molecular flexibility index (Phi) is 8.19. The van der Waals surface area contributed by atoms with E-state index in [4.69, 9.17) is 18.9 Å². The lowest BCUT2D eigenvalue weighted by Gasteiger charge is -2.12. The summed E-state index contributed by atoms with van der Waals surface area (Å²) in [6.07, 6.45) is 4.75. The molecule has 1 amide bonds. The average Bonchev–Trinajstić information content (AvgIpc) is 3.41. The van der Waals surface area contributed by atoms with E-state index in [-0.39, 0.29) is 17.4 Å². The number of nitrogens with zero attached hydrogens (tertiary/aromatic N) is 4. The third-order valence-electron chi connectivity index (χ3n) is 6.47. The number of methoxy groups -OCH3 is 2. The number of fused-ring (bicyclic) bond motifs is 1. The van der Waals surface area contributed by atoms with E-state index in [9.17, 15) is 9.18 Å². The van der Waals surface area contributed by atoms with Crippen LogP contribution in [0.4, 0.5) is 10.2 Å². The predicted octanol–water partition coefficient (Wildman–Crippen LogP) is 6.54. The second kappa shape index (κ2) is 12.1. The lowest BCUT2D eigenvalue weighted by atomic mass is 10.0. The van der Waals surface area contributed by atoms with Crippen LogP contribution in [-0.4, -0.2) is 46.5 Å². The van der Waals surface area contributed by atoms with Crippen LogP contribution in [-0.2, 0) is 0 Å². The molecule has 2 aromatic carbocycles.